The van der Waals surface area contributed by atoms with Crippen LogP contribution in [0.1, 0.15) is 16.8 Å². The normalized spacial score (nSPS) is 18.1. The molecule has 2 N–H and O–H groups in total. The quantitative estimate of drug-likeness (QED) is 0.662. The van der Waals surface area contributed by atoms with Crippen LogP contribution < -0.4 is 10.1 Å². The van der Waals surface area contributed by atoms with Crippen molar-refractivity contribution in [3.63, 3.8) is 0 Å². The molecule has 1 heterocycles. The third-order valence-corrected chi connectivity index (χ3v) is 4.66. The minimum Gasteiger partial charge on any atom is -0.480 e. The summed E-state index contributed by atoms with van der Waals surface area (Å²) in [5.74, 6) is -1.42. The van der Waals surface area contributed by atoms with Crippen LogP contribution >= 0.6 is 0 Å². The van der Waals surface area contributed by atoms with Crippen LogP contribution in [-0.2, 0) is 14.3 Å². The lowest BCUT2D eigenvalue weighted by Crippen LogP contribution is -2.45. The largest absolute Gasteiger partial charge is 0.480 e. The van der Waals surface area contributed by atoms with Crippen molar-refractivity contribution >= 4 is 17.8 Å². The third kappa shape index (κ3) is 5.98. The predicted octanol–water partition coefficient (Wildman–Crippen LogP) is 2.50. The molecule has 2 amide bonds. The number of para-hydroxylation sites is 1. The number of carboxylic acid groups (broad SMARTS) is 1. The van der Waals surface area contributed by atoms with Crippen molar-refractivity contribution in [1.82, 2.24) is 10.2 Å². The second kappa shape index (κ2) is 9.98. The van der Waals surface area contributed by atoms with E-state index in [1.54, 1.807) is 24.3 Å². The number of aliphatic carboxylic acids is 1. The lowest BCUT2D eigenvalue weighted by molar-refractivity contribution is -0.160. The van der Waals surface area contributed by atoms with E-state index in [-0.39, 0.29) is 18.5 Å². The van der Waals surface area contributed by atoms with Crippen molar-refractivity contribution in [2.45, 2.75) is 25.2 Å². The Morgan fingerprint density at radius 2 is 1.71 bits per heavy atom. The molecule has 164 valence electrons. The van der Waals surface area contributed by atoms with Crippen LogP contribution in [0.25, 0.3) is 0 Å². The number of benzene rings is 2. The van der Waals surface area contributed by atoms with Gasteiger partial charge in [0.1, 0.15) is 17.5 Å². The molecule has 1 fully saturated rings. The van der Waals surface area contributed by atoms with Crippen LogP contribution in [0.4, 0.5) is 8.78 Å². The van der Waals surface area contributed by atoms with Crippen LogP contribution in [-0.4, -0.2) is 59.6 Å². The molecule has 0 unspecified atom stereocenters. The van der Waals surface area contributed by atoms with Gasteiger partial charge in [0.05, 0.1) is 12.6 Å². The molecular weight excluding hydrogens is 414 g/mol. The Kier molecular flexibility index (Phi) is 7.14. The number of alkyl halides is 2. The highest BCUT2D eigenvalue weighted by atomic mass is 19.3. The van der Waals surface area contributed by atoms with Gasteiger partial charge in [-0.1, -0.05) is 18.2 Å². The van der Waals surface area contributed by atoms with E-state index in [0.29, 0.717) is 11.5 Å². The summed E-state index contributed by atoms with van der Waals surface area (Å²) in [7, 11) is 0. The Hall–Kier alpha value is -3.53. The monoisotopic (exact) mass is 434 g/mol. The van der Waals surface area contributed by atoms with Crippen molar-refractivity contribution in [2.75, 3.05) is 13.1 Å². The molecule has 0 spiro atoms. The molecule has 8 nitrogen and oxygen atoms in total. The molecule has 1 saturated heterocycles. The minimum absolute atomic E-state index is 0.248. The first-order valence-electron chi connectivity index (χ1n) is 9.40. The minimum atomic E-state index is -3.07. The van der Waals surface area contributed by atoms with Crippen LogP contribution in [0.3, 0.4) is 0 Å². The molecule has 0 bridgehead atoms. The summed E-state index contributed by atoms with van der Waals surface area (Å²) in [5, 5.41) is 11.6. The van der Waals surface area contributed by atoms with Gasteiger partial charge in [-0.3, -0.25) is 9.59 Å². The Bertz CT molecular complexity index is 923. The zero-order valence-electron chi connectivity index (χ0n) is 16.2. The Balaban J connectivity index is 1.54. The molecule has 0 aromatic heterocycles. The summed E-state index contributed by atoms with van der Waals surface area (Å²) in [5.41, 5.74) is 0.267. The van der Waals surface area contributed by atoms with Gasteiger partial charge in [-0.15, -0.1) is 0 Å². The number of halogens is 2. The fraction of sp³-hybridized carbons (Fsp3) is 0.286. The van der Waals surface area contributed by atoms with Gasteiger partial charge in [0.25, 0.3) is 5.91 Å². The van der Waals surface area contributed by atoms with Crippen molar-refractivity contribution in [3.8, 4) is 11.5 Å². The first kappa shape index (κ1) is 22.2. The fourth-order valence-corrected chi connectivity index (χ4v) is 3.21. The maximum atomic E-state index is 12.4. The summed E-state index contributed by atoms with van der Waals surface area (Å²) in [6.07, 6.45) is -1.33. The molecular formula is C21H20F2N2O6. The average Bonchev–Trinajstić information content (AvgIpc) is 3.16. The van der Waals surface area contributed by atoms with Crippen LogP contribution in [0, 0.1) is 0 Å². The van der Waals surface area contributed by atoms with E-state index in [0.717, 1.165) is 4.90 Å². The lowest BCUT2D eigenvalue weighted by atomic mass is 10.2. The topological polar surface area (TPSA) is 105 Å². The number of nitrogens with one attached hydrogen (secondary N) is 1. The Labute approximate surface area is 176 Å². The Morgan fingerprint density at radius 1 is 1.06 bits per heavy atom. The van der Waals surface area contributed by atoms with Crippen molar-refractivity contribution in [1.29, 1.82) is 0 Å². The van der Waals surface area contributed by atoms with E-state index >= 15 is 0 Å². The number of carbonyl (C=O) groups excluding carboxylic acids is 2. The van der Waals surface area contributed by atoms with Crippen LogP contribution in [0.15, 0.2) is 54.6 Å². The Morgan fingerprint density at radius 3 is 2.32 bits per heavy atom. The standard InChI is InChI=1S/C21H20F2N2O6/c22-21(23)31-16-10-17(20(28)29)25(12-16)18(26)11-24-19(27)13-6-8-15(9-7-13)30-14-4-2-1-3-5-14/h1-9,16-17,21H,10-12H2,(H,24,27)(H,28,29)/t16-,17-/m0/s1. The fourth-order valence-electron chi connectivity index (χ4n) is 3.21. The van der Waals surface area contributed by atoms with Gasteiger partial charge in [0.2, 0.25) is 5.91 Å². The molecule has 0 saturated carbocycles. The summed E-state index contributed by atoms with van der Waals surface area (Å²) in [6.45, 7) is -3.84. The van der Waals surface area contributed by atoms with E-state index in [9.17, 15) is 28.3 Å². The van der Waals surface area contributed by atoms with E-state index in [1.165, 1.54) is 12.1 Å². The molecule has 1 aliphatic rings. The van der Waals surface area contributed by atoms with E-state index in [4.69, 9.17) is 4.74 Å². The lowest BCUT2D eigenvalue weighted by Gasteiger charge is -2.21. The number of likely N-dealkylation sites (tertiary alicyclic amines) is 1. The maximum Gasteiger partial charge on any atom is 0.345 e. The first-order valence-corrected chi connectivity index (χ1v) is 9.40. The molecule has 3 rings (SSSR count). The number of rotatable bonds is 8. The van der Waals surface area contributed by atoms with E-state index in [1.807, 2.05) is 18.2 Å². The van der Waals surface area contributed by atoms with Crippen LogP contribution in [0.2, 0.25) is 0 Å². The number of ether oxygens (including phenoxy) is 2. The second-order valence-electron chi connectivity index (χ2n) is 6.78. The van der Waals surface area contributed by atoms with E-state index < -0.39 is 43.1 Å². The first-order chi connectivity index (χ1) is 14.8. The van der Waals surface area contributed by atoms with Crippen molar-refractivity contribution in [3.05, 3.63) is 60.2 Å². The van der Waals surface area contributed by atoms with Gasteiger partial charge in [-0.25, -0.2) is 4.79 Å². The van der Waals surface area contributed by atoms with Gasteiger partial charge in [0, 0.05) is 18.5 Å². The molecule has 0 aliphatic carbocycles. The highest BCUT2D eigenvalue weighted by Gasteiger charge is 2.41. The van der Waals surface area contributed by atoms with Crippen LogP contribution in [0.5, 0.6) is 11.5 Å². The number of nitrogens with zero attached hydrogens (tertiary/aromatic N) is 1. The number of hydrogen-bond acceptors (Lipinski definition) is 5. The maximum absolute atomic E-state index is 12.4. The number of carbonyl (C=O) groups is 3. The van der Waals surface area contributed by atoms with Crippen molar-refractivity contribution < 1.29 is 37.7 Å². The van der Waals surface area contributed by atoms with Crippen molar-refractivity contribution in [2.24, 2.45) is 0 Å². The van der Waals surface area contributed by atoms with Gasteiger partial charge in [0.15, 0.2) is 0 Å². The highest BCUT2D eigenvalue weighted by Crippen LogP contribution is 2.23. The molecule has 31 heavy (non-hydrogen) atoms. The zero-order valence-corrected chi connectivity index (χ0v) is 16.2. The molecule has 0 radical (unpaired) electrons. The second-order valence-corrected chi connectivity index (χ2v) is 6.78. The van der Waals surface area contributed by atoms with Gasteiger partial charge < -0.3 is 24.8 Å². The number of carboxylic acids is 1. The molecule has 10 heteroatoms. The molecule has 2 atom stereocenters. The van der Waals surface area contributed by atoms with Gasteiger partial charge in [-0.05, 0) is 36.4 Å². The molecule has 2 aromatic rings. The van der Waals surface area contributed by atoms with E-state index in [2.05, 4.69) is 10.1 Å². The number of amides is 2. The SMILES string of the molecule is O=C(NCC(=O)N1C[C@@H](OC(F)F)C[C@H]1C(=O)O)c1ccc(Oc2ccccc2)cc1. The molecule has 2 aromatic carbocycles. The van der Waals surface area contributed by atoms with Gasteiger partial charge >= 0.3 is 12.6 Å². The summed E-state index contributed by atoms with van der Waals surface area (Å²) in [4.78, 5) is 36.9. The predicted molar refractivity (Wildman–Crippen MR) is 104 cm³/mol. The highest BCUT2D eigenvalue weighted by molar-refractivity contribution is 5.97. The number of hydrogen-bond donors (Lipinski definition) is 2. The summed E-state index contributed by atoms with van der Waals surface area (Å²) < 4.78 is 34.8. The summed E-state index contributed by atoms with van der Waals surface area (Å²) >= 11 is 0. The molecule has 1 aliphatic heterocycles. The zero-order chi connectivity index (χ0) is 22.4. The third-order valence-electron chi connectivity index (χ3n) is 4.66. The van der Waals surface area contributed by atoms with Gasteiger partial charge in [-0.2, -0.15) is 8.78 Å². The smallest absolute Gasteiger partial charge is 0.345 e. The summed E-state index contributed by atoms with van der Waals surface area (Å²) in [6, 6.07) is 14.0. The average molecular weight is 434 g/mol.